The van der Waals surface area contributed by atoms with Crippen LogP contribution in [0.25, 0.3) is 11.0 Å². The average molecular weight is 265 g/mol. The van der Waals surface area contributed by atoms with E-state index in [1.54, 1.807) is 13.0 Å². The molecule has 0 aliphatic heterocycles. The zero-order chi connectivity index (χ0) is 13.1. The molecule has 1 amide bonds. The number of nitrogens with one attached hydrogen (secondary N) is 1. The van der Waals surface area contributed by atoms with Crippen LogP contribution < -0.4 is 11.1 Å². The monoisotopic (exact) mass is 264 g/mol. The van der Waals surface area contributed by atoms with E-state index in [0.717, 1.165) is 0 Å². The summed E-state index contributed by atoms with van der Waals surface area (Å²) in [6.07, 6.45) is 0. The van der Waals surface area contributed by atoms with Gasteiger partial charge >= 0.3 is 0 Å². The first-order chi connectivity index (χ1) is 8.61. The van der Waals surface area contributed by atoms with Crippen LogP contribution in [0.1, 0.15) is 6.92 Å². The quantitative estimate of drug-likeness (QED) is 0.886. The lowest BCUT2D eigenvalue weighted by atomic mass is 10.2. The lowest BCUT2D eigenvalue weighted by Gasteiger charge is -2.10. The SMILES string of the molecule is CC(CN)C(=O)Nc1nc2ccccc2nc1Cl. The van der Waals surface area contributed by atoms with Gasteiger partial charge in [-0.15, -0.1) is 0 Å². The largest absolute Gasteiger partial charge is 0.330 e. The third kappa shape index (κ3) is 2.57. The highest BCUT2D eigenvalue weighted by Crippen LogP contribution is 2.21. The molecule has 0 spiro atoms. The van der Waals surface area contributed by atoms with Gasteiger partial charge in [0.1, 0.15) is 0 Å². The molecular formula is C12H13ClN4O. The van der Waals surface area contributed by atoms with Crippen molar-refractivity contribution in [3.8, 4) is 0 Å². The van der Waals surface area contributed by atoms with E-state index < -0.39 is 0 Å². The number of carbonyl (C=O) groups excluding carboxylic acids is 1. The van der Waals surface area contributed by atoms with Crippen molar-refractivity contribution in [3.63, 3.8) is 0 Å². The zero-order valence-electron chi connectivity index (χ0n) is 9.85. The molecule has 1 heterocycles. The zero-order valence-corrected chi connectivity index (χ0v) is 10.6. The second-order valence-corrected chi connectivity index (χ2v) is 4.34. The second-order valence-electron chi connectivity index (χ2n) is 3.98. The van der Waals surface area contributed by atoms with Gasteiger partial charge in [0.2, 0.25) is 5.91 Å². The molecule has 2 aromatic rings. The Kier molecular flexibility index (Phi) is 3.74. The van der Waals surface area contributed by atoms with E-state index >= 15 is 0 Å². The van der Waals surface area contributed by atoms with Gasteiger partial charge in [0.05, 0.1) is 11.0 Å². The molecule has 0 aliphatic carbocycles. The molecule has 5 nitrogen and oxygen atoms in total. The van der Waals surface area contributed by atoms with Gasteiger partial charge in [-0.25, -0.2) is 9.97 Å². The van der Waals surface area contributed by atoms with E-state index in [2.05, 4.69) is 15.3 Å². The molecule has 0 saturated carbocycles. The summed E-state index contributed by atoms with van der Waals surface area (Å²) < 4.78 is 0. The second kappa shape index (κ2) is 5.29. The minimum Gasteiger partial charge on any atom is -0.330 e. The Morgan fingerprint density at radius 1 is 1.39 bits per heavy atom. The number of amides is 1. The molecule has 0 fully saturated rings. The summed E-state index contributed by atoms with van der Waals surface area (Å²) in [5.74, 6) is -0.251. The van der Waals surface area contributed by atoms with Gasteiger partial charge in [-0.05, 0) is 12.1 Å². The number of hydrogen-bond donors (Lipinski definition) is 2. The average Bonchev–Trinajstić information content (AvgIpc) is 2.38. The van der Waals surface area contributed by atoms with Gasteiger partial charge in [-0.1, -0.05) is 30.7 Å². The highest BCUT2D eigenvalue weighted by atomic mass is 35.5. The summed E-state index contributed by atoms with van der Waals surface area (Å²) in [4.78, 5) is 20.1. The van der Waals surface area contributed by atoms with Gasteiger partial charge < -0.3 is 11.1 Å². The summed E-state index contributed by atoms with van der Waals surface area (Å²) in [6.45, 7) is 2.00. The molecule has 18 heavy (non-hydrogen) atoms. The molecule has 0 radical (unpaired) electrons. The molecule has 1 atom stereocenters. The first-order valence-corrected chi connectivity index (χ1v) is 5.93. The molecule has 0 saturated heterocycles. The fraction of sp³-hybridized carbons (Fsp3) is 0.250. The highest BCUT2D eigenvalue weighted by Gasteiger charge is 2.14. The van der Waals surface area contributed by atoms with Crippen LogP contribution in [0.3, 0.4) is 0 Å². The third-order valence-corrected chi connectivity index (χ3v) is 2.83. The predicted molar refractivity (Wildman–Crippen MR) is 71.4 cm³/mol. The minimum absolute atomic E-state index is 0.172. The molecule has 6 heteroatoms. The smallest absolute Gasteiger partial charge is 0.229 e. The van der Waals surface area contributed by atoms with E-state index in [0.29, 0.717) is 11.0 Å². The topological polar surface area (TPSA) is 80.9 Å². The Bertz CT molecular complexity index is 587. The van der Waals surface area contributed by atoms with Crippen molar-refractivity contribution in [2.75, 3.05) is 11.9 Å². The Labute approximate surface area is 109 Å². The van der Waals surface area contributed by atoms with Gasteiger partial charge in [-0.3, -0.25) is 4.79 Å². The number of benzene rings is 1. The summed E-state index contributed by atoms with van der Waals surface area (Å²) in [5, 5.41) is 2.80. The number of aromatic nitrogens is 2. The lowest BCUT2D eigenvalue weighted by Crippen LogP contribution is -2.27. The molecule has 2 rings (SSSR count). The number of hydrogen-bond acceptors (Lipinski definition) is 4. The van der Waals surface area contributed by atoms with E-state index in [1.165, 1.54) is 0 Å². The number of nitrogens with zero attached hydrogens (tertiary/aromatic N) is 2. The minimum atomic E-state index is -0.297. The number of nitrogens with two attached hydrogens (primary N) is 1. The van der Waals surface area contributed by atoms with Crippen LogP contribution in [-0.4, -0.2) is 22.4 Å². The summed E-state index contributed by atoms with van der Waals surface area (Å²) >= 11 is 5.98. The molecule has 0 aliphatic rings. The van der Waals surface area contributed by atoms with Crippen LogP contribution in [0.2, 0.25) is 5.15 Å². The Morgan fingerprint density at radius 3 is 2.61 bits per heavy atom. The van der Waals surface area contributed by atoms with E-state index in [-0.39, 0.29) is 29.3 Å². The van der Waals surface area contributed by atoms with Crippen LogP contribution in [0, 0.1) is 5.92 Å². The number of rotatable bonds is 3. The van der Waals surface area contributed by atoms with Gasteiger partial charge in [0.15, 0.2) is 11.0 Å². The van der Waals surface area contributed by atoms with Crippen LogP contribution in [-0.2, 0) is 4.79 Å². The number of carbonyl (C=O) groups is 1. The van der Waals surface area contributed by atoms with Gasteiger partial charge in [0, 0.05) is 12.5 Å². The molecule has 1 aromatic carbocycles. The first kappa shape index (κ1) is 12.7. The van der Waals surface area contributed by atoms with Crippen molar-refractivity contribution >= 4 is 34.4 Å². The summed E-state index contributed by atoms with van der Waals surface area (Å²) in [7, 11) is 0. The van der Waals surface area contributed by atoms with Gasteiger partial charge in [-0.2, -0.15) is 0 Å². The van der Waals surface area contributed by atoms with Crippen molar-refractivity contribution < 1.29 is 4.79 Å². The molecular weight excluding hydrogens is 252 g/mol. The number of fused-ring (bicyclic) bond motifs is 1. The molecule has 3 N–H and O–H groups in total. The molecule has 94 valence electrons. The number of halogens is 1. The lowest BCUT2D eigenvalue weighted by molar-refractivity contribution is -0.119. The fourth-order valence-corrected chi connectivity index (χ4v) is 1.59. The van der Waals surface area contributed by atoms with Gasteiger partial charge in [0.25, 0.3) is 0 Å². The van der Waals surface area contributed by atoms with Crippen LogP contribution in [0.5, 0.6) is 0 Å². The van der Waals surface area contributed by atoms with E-state index in [4.69, 9.17) is 17.3 Å². The van der Waals surface area contributed by atoms with Crippen LogP contribution in [0.15, 0.2) is 24.3 Å². The Morgan fingerprint density at radius 2 is 2.00 bits per heavy atom. The summed E-state index contributed by atoms with van der Waals surface area (Å²) in [6, 6.07) is 7.31. The maximum Gasteiger partial charge on any atom is 0.229 e. The number of anilines is 1. The van der Waals surface area contributed by atoms with Crippen molar-refractivity contribution in [2.24, 2.45) is 11.7 Å². The van der Waals surface area contributed by atoms with Crippen LogP contribution in [0.4, 0.5) is 5.82 Å². The van der Waals surface area contributed by atoms with Crippen molar-refractivity contribution in [2.45, 2.75) is 6.92 Å². The molecule has 1 aromatic heterocycles. The number of para-hydroxylation sites is 2. The molecule has 0 bridgehead atoms. The van der Waals surface area contributed by atoms with Crippen molar-refractivity contribution in [1.82, 2.24) is 9.97 Å². The maximum absolute atomic E-state index is 11.7. The third-order valence-electron chi connectivity index (χ3n) is 2.57. The standard InChI is InChI=1S/C12H13ClN4O/c1-7(6-14)12(18)17-11-10(13)15-8-4-2-3-5-9(8)16-11/h2-5,7H,6,14H2,1H3,(H,16,17,18). The highest BCUT2D eigenvalue weighted by molar-refractivity contribution is 6.32. The van der Waals surface area contributed by atoms with Crippen molar-refractivity contribution in [1.29, 1.82) is 0 Å². The van der Waals surface area contributed by atoms with E-state index in [1.807, 2.05) is 18.2 Å². The Hall–Kier alpha value is -1.72. The Balaban J connectivity index is 2.33. The fourth-order valence-electron chi connectivity index (χ4n) is 1.40. The summed E-state index contributed by atoms with van der Waals surface area (Å²) in [5.41, 5.74) is 6.79. The first-order valence-electron chi connectivity index (χ1n) is 5.55. The van der Waals surface area contributed by atoms with Crippen molar-refractivity contribution in [3.05, 3.63) is 29.4 Å². The predicted octanol–water partition coefficient (Wildman–Crippen LogP) is 1.82. The molecule has 1 unspecified atom stereocenters. The van der Waals surface area contributed by atoms with E-state index in [9.17, 15) is 4.79 Å². The van der Waals surface area contributed by atoms with Crippen LogP contribution >= 0.6 is 11.6 Å². The normalized spacial score (nSPS) is 12.4. The maximum atomic E-state index is 11.7.